The molecule has 2 aromatic rings. The predicted octanol–water partition coefficient (Wildman–Crippen LogP) is 6.82. The van der Waals surface area contributed by atoms with Gasteiger partial charge in [0.25, 0.3) is 0 Å². The molecule has 0 bridgehead atoms. The zero-order valence-electron chi connectivity index (χ0n) is 15.1. The number of rotatable bonds is 3. The second kappa shape index (κ2) is 7.16. The topological polar surface area (TPSA) is 3.24 Å². The third-order valence-corrected chi connectivity index (χ3v) is 5.89. The lowest BCUT2D eigenvalue weighted by atomic mass is 9.77. The molecule has 1 fully saturated rings. The van der Waals surface area contributed by atoms with Crippen molar-refractivity contribution in [1.82, 2.24) is 4.90 Å². The van der Waals surface area contributed by atoms with Gasteiger partial charge in [-0.3, -0.25) is 4.90 Å². The van der Waals surface area contributed by atoms with Crippen LogP contribution in [0.4, 0.5) is 13.2 Å². The highest BCUT2D eigenvalue weighted by atomic mass is 35.5. The molecule has 2 unspecified atom stereocenters. The van der Waals surface area contributed by atoms with Crippen LogP contribution >= 0.6 is 23.2 Å². The maximum atomic E-state index is 14.3. The van der Waals surface area contributed by atoms with Crippen LogP contribution in [0.2, 0.25) is 10.0 Å². The summed E-state index contributed by atoms with van der Waals surface area (Å²) in [5.74, 6) is 0. The van der Waals surface area contributed by atoms with E-state index in [1.807, 2.05) is 25.1 Å². The van der Waals surface area contributed by atoms with Crippen LogP contribution < -0.4 is 0 Å². The Balaban J connectivity index is 2.08. The fraction of sp³-hybridized carbons (Fsp3) is 0.333. The van der Waals surface area contributed by atoms with Crippen molar-refractivity contribution in [2.24, 2.45) is 0 Å². The van der Waals surface area contributed by atoms with Crippen molar-refractivity contribution in [3.05, 3.63) is 75.3 Å². The zero-order chi connectivity index (χ0) is 20.0. The summed E-state index contributed by atoms with van der Waals surface area (Å²) in [6, 6.07) is 9.56. The molecule has 1 nitrogen and oxygen atoms in total. The van der Waals surface area contributed by atoms with E-state index in [-0.39, 0.29) is 34.6 Å². The van der Waals surface area contributed by atoms with E-state index < -0.39 is 11.6 Å². The van der Waals surface area contributed by atoms with Gasteiger partial charge in [-0.2, -0.15) is 13.2 Å². The molecule has 27 heavy (non-hydrogen) atoms. The summed E-state index contributed by atoms with van der Waals surface area (Å²) in [4.78, 5) is 1.75. The molecule has 2 aromatic carbocycles. The van der Waals surface area contributed by atoms with E-state index in [1.54, 1.807) is 18.0 Å². The Labute approximate surface area is 167 Å². The summed E-state index contributed by atoms with van der Waals surface area (Å²) in [5.41, 5.74) is 0.918. The minimum Gasteiger partial charge on any atom is -0.298 e. The number of alkyl halides is 3. The zero-order valence-corrected chi connectivity index (χ0v) is 16.6. The number of nitrogens with zero attached hydrogens (tertiary/aromatic N) is 1. The van der Waals surface area contributed by atoms with Crippen LogP contribution in [-0.4, -0.2) is 24.7 Å². The van der Waals surface area contributed by atoms with Gasteiger partial charge in [-0.25, -0.2) is 0 Å². The molecule has 0 aromatic heterocycles. The fourth-order valence-corrected chi connectivity index (χ4v) is 4.53. The Hall–Kier alpha value is -1.49. The minimum atomic E-state index is -4.43. The quantitative estimate of drug-likeness (QED) is 0.533. The number of likely N-dealkylation sites (N-methyl/N-ethyl adjacent to an activating group) is 1. The molecule has 1 aliphatic heterocycles. The van der Waals surface area contributed by atoms with E-state index in [9.17, 15) is 13.2 Å². The highest BCUT2D eigenvalue weighted by molar-refractivity contribution is 6.34. The van der Waals surface area contributed by atoms with E-state index in [2.05, 4.69) is 6.58 Å². The van der Waals surface area contributed by atoms with Crippen LogP contribution in [0, 0.1) is 6.92 Å². The van der Waals surface area contributed by atoms with E-state index >= 15 is 0 Å². The van der Waals surface area contributed by atoms with E-state index in [0.29, 0.717) is 0 Å². The monoisotopic (exact) mass is 413 g/mol. The highest BCUT2D eigenvalue weighted by Crippen LogP contribution is 2.53. The Morgan fingerprint density at radius 2 is 1.78 bits per heavy atom. The van der Waals surface area contributed by atoms with Crippen LogP contribution in [0.15, 0.2) is 43.0 Å². The van der Waals surface area contributed by atoms with Crippen LogP contribution in [-0.2, 0) is 5.41 Å². The SMILES string of the molecule is C=Cc1ccc(C2CC(c3cc(Cl)cc(Cl)c3)(C(F)(F)F)CN2C)cc1C. The first-order chi connectivity index (χ1) is 12.6. The number of aryl methyl sites for hydroxylation is 1. The molecule has 0 N–H and O–H groups in total. The van der Waals surface area contributed by atoms with E-state index in [0.717, 1.165) is 16.7 Å². The molecular weight excluding hydrogens is 394 g/mol. The first-order valence-corrected chi connectivity index (χ1v) is 9.29. The van der Waals surface area contributed by atoms with Gasteiger partial charge in [0.1, 0.15) is 5.41 Å². The molecule has 3 rings (SSSR count). The Kier molecular flexibility index (Phi) is 5.37. The average molecular weight is 414 g/mol. The molecule has 144 valence electrons. The average Bonchev–Trinajstić information content (AvgIpc) is 2.92. The second-order valence-electron chi connectivity index (χ2n) is 7.19. The van der Waals surface area contributed by atoms with Gasteiger partial charge in [0, 0.05) is 22.6 Å². The summed E-state index contributed by atoms with van der Waals surface area (Å²) < 4.78 is 42.9. The fourth-order valence-electron chi connectivity index (χ4n) is 4.00. The van der Waals surface area contributed by atoms with Crippen molar-refractivity contribution in [2.45, 2.75) is 31.0 Å². The Morgan fingerprint density at radius 1 is 1.15 bits per heavy atom. The molecule has 0 amide bonds. The standard InChI is InChI=1S/C21H20Cl2F3N/c1-4-14-5-6-15(7-13(14)2)19-11-20(12-27(19)3,21(24,25)26)16-8-17(22)10-18(23)9-16/h4-10,19H,1,11-12H2,2-3H3. The Bertz CT molecular complexity index is 858. The van der Waals surface area contributed by atoms with Crippen molar-refractivity contribution in [3.8, 4) is 0 Å². The lowest BCUT2D eigenvalue weighted by molar-refractivity contribution is -0.187. The summed E-state index contributed by atoms with van der Waals surface area (Å²) in [7, 11) is 1.72. The maximum absolute atomic E-state index is 14.3. The predicted molar refractivity (Wildman–Crippen MR) is 105 cm³/mol. The van der Waals surface area contributed by atoms with Crippen LogP contribution in [0.3, 0.4) is 0 Å². The van der Waals surface area contributed by atoms with Gasteiger partial charge in [-0.15, -0.1) is 0 Å². The molecule has 1 heterocycles. The van der Waals surface area contributed by atoms with E-state index in [1.165, 1.54) is 18.2 Å². The van der Waals surface area contributed by atoms with Crippen molar-refractivity contribution in [1.29, 1.82) is 0 Å². The minimum absolute atomic E-state index is 0.0868. The van der Waals surface area contributed by atoms with Gasteiger partial charge in [-0.05, 0) is 60.8 Å². The molecular formula is C21H20Cl2F3N. The number of hydrogen-bond acceptors (Lipinski definition) is 1. The van der Waals surface area contributed by atoms with Crippen LogP contribution in [0.25, 0.3) is 6.08 Å². The maximum Gasteiger partial charge on any atom is 0.399 e. The van der Waals surface area contributed by atoms with Crippen LogP contribution in [0.1, 0.15) is 34.7 Å². The molecule has 0 spiro atoms. The van der Waals surface area contributed by atoms with E-state index in [4.69, 9.17) is 23.2 Å². The third kappa shape index (κ3) is 3.63. The lowest BCUT2D eigenvalue weighted by Gasteiger charge is -2.32. The molecule has 1 saturated heterocycles. The third-order valence-electron chi connectivity index (χ3n) is 5.45. The molecule has 2 atom stereocenters. The van der Waals surface area contributed by atoms with Gasteiger partial charge in [0.2, 0.25) is 0 Å². The summed E-state index contributed by atoms with van der Waals surface area (Å²) in [6.45, 7) is 5.54. The van der Waals surface area contributed by atoms with Gasteiger partial charge < -0.3 is 0 Å². The van der Waals surface area contributed by atoms with Gasteiger partial charge in [-0.1, -0.05) is 54.1 Å². The molecule has 6 heteroatoms. The summed E-state index contributed by atoms with van der Waals surface area (Å²) in [6.07, 6.45) is -2.78. The number of halogens is 5. The largest absolute Gasteiger partial charge is 0.399 e. The van der Waals surface area contributed by atoms with Gasteiger partial charge >= 0.3 is 6.18 Å². The number of hydrogen-bond donors (Lipinski definition) is 0. The highest BCUT2D eigenvalue weighted by Gasteiger charge is 2.61. The second-order valence-corrected chi connectivity index (χ2v) is 8.07. The van der Waals surface area contributed by atoms with Gasteiger partial charge in [0.05, 0.1) is 0 Å². The van der Waals surface area contributed by atoms with Crippen molar-refractivity contribution < 1.29 is 13.2 Å². The lowest BCUT2D eigenvalue weighted by Crippen LogP contribution is -2.44. The van der Waals surface area contributed by atoms with Crippen molar-refractivity contribution in [2.75, 3.05) is 13.6 Å². The van der Waals surface area contributed by atoms with Crippen molar-refractivity contribution >= 4 is 29.3 Å². The number of benzene rings is 2. The number of likely N-dealkylation sites (tertiary alicyclic amines) is 1. The van der Waals surface area contributed by atoms with Crippen LogP contribution in [0.5, 0.6) is 0 Å². The van der Waals surface area contributed by atoms with Gasteiger partial charge in [0.15, 0.2) is 0 Å². The van der Waals surface area contributed by atoms with Crippen molar-refractivity contribution in [3.63, 3.8) is 0 Å². The molecule has 0 saturated carbocycles. The molecule has 0 aliphatic carbocycles. The Morgan fingerprint density at radius 3 is 2.30 bits per heavy atom. The smallest absolute Gasteiger partial charge is 0.298 e. The first kappa shape index (κ1) is 20.2. The molecule has 1 aliphatic rings. The first-order valence-electron chi connectivity index (χ1n) is 8.54. The molecule has 0 radical (unpaired) electrons. The summed E-state index contributed by atoms with van der Waals surface area (Å²) in [5, 5.41) is 0.414. The summed E-state index contributed by atoms with van der Waals surface area (Å²) >= 11 is 12.0. The normalized spacial score (nSPS) is 23.6.